The van der Waals surface area contributed by atoms with Gasteiger partial charge in [0.1, 0.15) is 6.04 Å². The van der Waals surface area contributed by atoms with Crippen LogP contribution in [0, 0.1) is 0 Å². The fourth-order valence-corrected chi connectivity index (χ4v) is 0.737. The molecule has 0 radical (unpaired) electrons. The van der Waals surface area contributed by atoms with Gasteiger partial charge in [-0.2, -0.15) is 0 Å². The Balaban J connectivity index is 3.56. The molecule has 0 aromatic rings. The highest BCUT2D eigenvalue weighted by Gasteiger charge is 2.11. The van der Waals surface area contributed by atoms with Crippen LogP contribution < -0.4 is 5.73 Å². The van der Waals surface area contributed by atoms with Crippen LogP contribution in [0.25, 0.3) is 0 Å². The van der Waals surface area contributed by atoms with E-state index in [1.165, 1.54) is 7.11 Å². The summed E-state index contributed by atoms with van der Waals surface area (Å²) in [7, 11) is 1.34. The van der Waals surface area contributed by atoms with Gasteiger partial charge >= 0.3 is 5.97 Å². The topological polar surface area (TPSA) is 52.3 Å². The molecule has 0 saturated carbocycles. The number of carbonyl (C=O) groups excluding carboxylic acids is 1. The van der Waals surface area contributed by atoms with Crippen molar-refractivity contribution in [2.75, 3.05) is 7.11 Å². The van der Waals surface area contributed by atoms with Crippen LogP contribution in [0.2, 0.25) is 0 Å². The number of hydrogen-bond acceptors (Lipinski definition) is 3. The maximum atomic E-state index is 10.8. The minimum atomic E-state index is -0.510. The number of methoxy groups -OCH3 is 1. The molecule has 2 N–H and O–H groups in total. The first-order chi connectivity index (χ1) is 5.72. The normalized spacial score (nSPS) is 12.8. The number of ether oxygens (including phenoxy) is 1. The first kappa shape index (κ1) is 10.9. The number of carbonyl (C=O) groups is 1. The van der Waals surface area contributed by atoms with Crippen LogP contribution in [-0.4, -0.2) is 19.1 Å². The Hall–Kier alpha value is -1.09. The van der Waals surface area contributed by atoms with Crippen molar-refractivity contribution in [3.05, 3.63) is 24.8 Å². The molecule has 1 atom stereocenters. The van der Waals surface area contributed by atoms with Gasteiger partial charge in [-0.25, -0.2) is 0 Å². The summed E-state index contributed by atoms with van der Waals surface area (Å²) in [6.45, 7) is 3.52. The largest absolute Gasteiger partial charge is 0.468 e. The van der Waals surface area contributed by atoms with Crippen LogP contribution in [0.4, 0.5) is 0 Å². The van der Waals surface area contributed by atoms with E-state index in [0.29, 0.717) is 6.42 Å². The molecule has 0 aliphatic carbocycles. The van der Waals surface area contributed by atoms with Crippen molar-refractivity contribution in [3.8, 4) is 0 Å². The Bertz CT molecular complexity index is 175. The number of nitrogens with two attached hydrogens (primary N) is 1. The summed E-state index contributed by atoms with van der Waals surface area (Å²) in [6, 6.07) is -0.510. The molecule has 1 unspecified atom stereocenters. The Morgan fingerprint density at radius 2 is 2.42 bits per heavy atom. The number of hydrogen-bond donors (Lipinski definition) is 1. The molecule has 0 spiro atoms. The Morgan fingerprint density at radius 1 is 1.75 bits per heavy atom. The summed E-state index contributed by atoms with van der Waals surface area (Å²) < 4.78 is 4.46. The van der Waals surface area contributed by atoms with Crippen molar-refractivity contribution < 1.29 is 9.53 Å². The lowest BCUT2D eigenvalue weighted by Gasteiger charge is -2.06. The summed E-state index contributed by atoms with van der Waals surface area (Å²) in [5.41, 5.74) is 5.48. The van der Waals surface area contributed by atoms with Gasteiger partial charge in [-0.05, 0) is 12.8 Å². The van der Waals surface area contributed by atoms with Crippen LogP contribution in [0.5, 0.6) is 0 Å². The number of esters is 1. The van der Waals surface area contributed by atoms with Gasteiger partial charge in [0, 0.05) is 0 Å². The molecule has 0 aromatic heterocycles. The fraction of sp³-hybridized carbons (Fsp3) is 0.444. The maximum Gasteiger partial charge on any atom is 0.322 e. The van der Waals surface area contributed by atoms with Gasteiger partial charge in [0.2, 0.25) is 0 Å². The number of allylic oxidation sites excluding steroid dienone is 3. The fourth-order valence-electron chi connectivity index (χ4n) is 0.737. The van der Waals surface area contributed by atoms with Crippen molar-refractivity contribution in [3.63, 3.8) is 0 Å². The molecule has 0 aliphatic heterocycles. The van der Waals surface area contributed by atoms with Gasteiger partial charge in [-0.3, -0.25) is 4.79 Å². The van der Waals surface area contributed by atoms with E-state index in [2.05, 4.69) is 11.3 Å². The van der Waals surface area contributed by atoms with Crippen molar-refractivity contribution >= 4 is 5.97 Å². The zero-order valence-electron chi connectivity index (χ0n) is 7.32. The minimum Gasteiger partial charge on any atom is -0.468 e. The third-order valence-electron chi connectivity index (χ3n) is 1.42. The first-order valence-corrected chi connectivity index (χ1v) is 3.83. The zero-order chi connectivity index (χ0) is 9.40. The Kier molecular flexibility index (Phi) is 6.01. The summed E-state index contributed by atoms with van der Waals surface area (Å²) in [4.78, 5) is 10.8. The van der Waals surface area contributed by atoms with Crippen molar-refractivity contribution in [2.24, 2.45) is 5.73 Å². The highest BCUT2D eigenvalue weighted by Crippen LogP contribution is 1.97. The molecule has 0 saturated heterocycles. The third kappa shape index (κ3) is 4.68. The van der Waals surface area contributed by atoms with Crippen molar-refractivity contribution in [1.82, 2.24) is 0 Å². The number of rotatable bonds is 5. The SMILES string of the molecule is C=C/C=C/CCC(N)C(=O)OC. The van der Waals surface area contributed by atoms with Gasteiger partial charge in [0.05, 0.1) is 7.11 Å². The highest BCUT2D eigenvalue weighted by atomic mass is 16.5. The van der Waals surface area contributed by atoms with Crippen molar-refractivity contribution in [2.45, 2.75) is 18.9 Å². The molecule has 0 aliphatic rings. The van der Waals surface area contributed by atoms with E-state index in [-0.39, 0.29) is 5.97 Å². The molecule has 0 heterocycles. The predicted octanol–water partition coefficient (Wildman–Crippen LogP) is 1.01. The molecular weight excluding hydrogens is 154 g/mol. The monoisotopic (exact) mass is 169 g/mol. The molecule has 0 rings (SSSR count). The molecule has 3 heteroatoms. The molecular formula is C9H15NO2. The minimum absolute atomic E-state index is 0.359. The lowest BCUT2D eigenvalue weighted by molar-refractivity contribution is -0.142. The van der Waals surface area contributed by atoms with Gasteiger partial charge in [-0.15, -0.1) is 0 Å². The second-order valence-corrected chi connectivity index (χ2v) is 2.37. The first-order valence-electron chi connectivity index (χ1n) is 3.83. The average Bonchev–Trinajstić information content (AvgIpc) is 2.10. The van der Waals surface area contributed by atoms with Gasteiger partial charge in [0.25, 0.3) is 0 Å². The van der Waals surface area contributed by atoms with Gasteiger partial charge in [-0.1, -0.05) is 24.8 Å². The van der Waals surface area contributed by atoms with E-state index in [9.17, 15) is 4.79 Å². The highest BCUT2D eigenvalue weighted by molar-refractivity contribution is 5.75. The van der Waals surface area contributed by atoms with Gasteiger partial charge in [0.15, 0.2) is 0 Å². The predicted molar refractivity (Wildman–Crippen MR) is 48.6 cm³/mol. The van der Waals surface area contributed by atoms with Crippen LogP contribution in [0.15, 0.2) is 24.8 Å². The molecule has 12 heavy (non-hydrogen) atoms. The summed E-state index contributed by atoms with van der Waals surface area (Å²) in [5.74, 6) is -0.359. The maximum absolute atomic E-state index is 10.8. The summed E-state index contributed by atoms with van der Waals surface area (Å²) >= 11 is 0. The quantitative estimate of drug-likeness (QED) is 0.493. The van der Waals surface area contributed by atoms with Crippen LogP contribution in [0.1, 0.15) is 12.8 Å². The van der Waals surface area contributed by atoms with Crippen molar-refractivity contribution in [1.29, 1.82) is 0 Å². The van der Waals surface area contributed by atoms with E-state index in [1.807, 2.05) is 12.2 Å². The second-order valence-electron chi connectivity index (χ2n) is 2.37. The lowest BCUT2D eigenvalue weighted by atomic mass is 10.1. The molecule has 0 fully saturated rings. The van der Waals surface area contributed by atoms with Crippen LogP contribution in [-0.2, 0) is 9.53 Å². The van der Waals surface area contributed by atoms with Gasteiger partial charge < -0.3 is 10.5 Å². The molecule has 68 valence electrons. The Labute approximate surface area is 72.9 Å². The standard InChI is InChI=1S/C9H15NO2/c1-3-4-5-6-7-8(10)9(11)12-2/h3-5,8H,1,6-7,10H2,2H3/b5-4+. The van der Waals surface area contributed by atoms with E-state index in [0.717, 1.165) is 6.42 Å². The van der Waals surface area contributed by atoms with E-state index in [1.54, 1.807) is 6.08 Å². The van der Waals surface area contributed by atoms with E-state index < -0.39 is 6.04 Å². The van der Waals surface area contributed by atoms with E-state index >= 15 is 0 Å². The molecule has 0 amide bonds. The zero-order valence-corrected chi connectivity index (χ0v) is 7.32. The summed E-state index contributed by atoms with van der Waals surface area (Å²) in [6.07, 6.45) is 6.79. The molecule has 3 nitrogen and oxygen atoms in total. The average molecular weight is 169 g/mol. The van der Waals surface area contributed by atoms with Crippen LogP contribution >= 0.6 is 0 Å². The van der Waals surface area contributed by atoms with E-state index in [4.69, 9.17) is 5.73 Å². The lowest BCUT2D eigenvalue weighted by Crippen LogP contribution is -2.31. The van der Waals surface area contributed by atoms with Crippen LogP contribution in [0.3, 0.4) is 0 Å². The third-order valence-corrected chi connectivity index (χ3v) is 1.42. The second kappa shape index (κ2) is 6.61. The summed E-state index contributed by atoms with van der Waals surface area (Å²) in [5, 5.41) is 0. The molecule has 0 aromatic carbocycles. The smallest absolute Gasteiger partial charge is 0.322 e. The Morgan fingerprint density at radius 3 is 2.92 bits per heavy atom. The molecule has 0 bridgehead atoms.